The van der Waals surface area contributed by atoms with E-state index in [0.717, 1.165) is 23.8 Å². The summed E-state index contributed by atoms with van der Waals surface area (Å²) in [6, 6.07) is 3.99. The Bertz CT molecular complexity index is 726. The molecule has 0 saturated carbocycles. The molecule has 134 valence electrons. The van der Waals surface area contributed by atoms with E-state index >= 15 is 0 Å². The maximum Gasteiger partial charge on any atom is 0.416 e. The smallest absolute Gasteiger partial charge is 0.363 e. The second-order valence-electron chi connectivity index (χ2n) is 6.00. The molecule has 0 N–H and O–H groups in total. The summed E-state index contributed by atoms with van der Waals surface area (Å²) in [6.45, 7) is 2.47. The van der Waals surface area contributed by atoms with Gasteiger partial charge in [-0.15, -0.1) is 0 Å². The highest BCUT2D eigenvalue weighted by molar-refractivity contribution is 5.51. The molecule has 25 heavy (non-hydrogen) atoms. The molecule has 0 bridgehead atoms. The van der Waals surface area contributed by atoms with Crippen molar-refractivity contribution in [2.75, 3.05) is 55.0 Å². The lowest BCUT2D eigenvalue weighted by atomic mass is 10.2. The lowest BCUT2D eigenvalue weighted by Gasteiger charge is -2.36. The molecule has 3 rings (SSSR count). The molecule has 2 aromatic heterocycles. The lowest BCUT2D eigenvalue weighted by molar-refractivity contribution is -0.137. The Morgan fingerprint density at radius 1 is 0.920 bits per heavy atom. The van der Waals surface area contributed by atoms with Crippen molar-refractivity contribution in [3.63, 3.8) is 0 Å². The van der Waals surface area contributed by atoms with E-state index in [9.17, 15) is 13.2 Å². The molecule has 6 nitrogen and oxygen atoms in total. The number of hydrogen-bond acceptors (Lipinski definition) is 6. The van der Waals surface area contributed by atoms with Crippen molar-refractivity contribution in [3.8, 4) is 0 Å². The van der Waals surface area contributed by atoms with E-state index in [1.807, 2.05) is 30.0 Å². The summed E-state index contributed by atoms with van der Waals surface area (Å²) in [5, 5.41) is 0. The zero-order valence-corrected chi connectivity index (χ0v) is 14.0. The minimum absolute atomic E-state index is 0.353. The monoisotopic (exact) mass is 352 g/mol. The van der Waals surface area contributed by atoms with E-state index in [4.69, 9.17) is 0 Å². The first kappa shape index (κ1) is 17.2. The van der Waals surface area contributed by atoms with E-state index in [-0.39, 0.29) is 0 Å². The molecule has 0 amide bonds. The maximum absolute atomic E-state index is 12.8. The predicted octanol–water partition coefficient (Wildman–Crippen LogP) is 2.28. The molecule has 2 aromatic rings. The molecule has 1 aliphatic heterocycles. The van der Waals surface area contributed by atoms with Crippen molar-refractivity contribution in [3.05, 3.63) is 36.3 Å². The van der Waals surface area contributed by atoms with E-state index in [1.54, 1.807) is 0 Å². The predicted molar refractivity (Wildman–Crippen MR) is 90.0 cm³/mol. The number of rotatable bonds is 3. The van der Waals surface area contributed by atoms with Gasteiger partial charge in [0.05, 0.1) is 5.56 Å². The number of hydrogen-bond donors (Lipinski definition) is 0. The summed E-state index contributed by atoms with van der Waals surface area (Å²) in [6.07, 6.45) is -1.63. The van der Waals surface area contributed by atoms with Crippen LogP contribution in [0.15, 0.2) is 30.7 Å². The van der Waals surface area contributed by atoms with Crippen molar-refractivity contribution in [2.24, 2.45) is 0 Å². The Hall–Kier alpha value is -2.58. The van der Waals surface area contributed by atoms with Crippen molar-refractivity contribution < 1.29 is 13.2 Å². The summed E-state index contributed by atoms with van der Waals surface area (Å²) in [4.78, 5) is 18.4. The van der Waals surface area contributed by atoms with Crippen LogP contribution in [-0.4, -0.2) is 55.2 Å². The first-order chi connectivity index (χ1) is 11.8. The Balaban J connectivity index is 1.69. The van der Waals surface area contributed by atoms with E-state index in [1.165, 1.54) is 12.5 Å². The Morgan fingerprint density at radius 3 is 2.08 bits per heavy atom. The van der Waals surface area contributed by atoms with Gasteiger partial charge in [0.1, 0.15) is 23.8 Å². The van der Waals surface area contributed by atoms with Crippen LogP contribution in [-0.2, 0) is 6.18 Å². The summed E-state index contributed by atoms with van der Waals surface area (Å²) >= 11 is 0. The number of anilines is 3. The van der Waals surface area contributed by atoms with Gasteiger partial charge in [0, 0.05) is 52.5 Å². The fraction of sp³-hybridized carbons (Fsp3) is 0.438. The molecule has 1 aliphatic rings. The van der Waals surface area contributed by atoms with Crippen molar-refractivity contribution in [1.29, 1.82) is 0 Å². The Labute approximate surface area is 143 Å². The highest BCUT2D eigenvalue weighted by atomic mass is 19.4. The molecule has 0 aromatic carbocycles. The normalized spacial score (nSPS) is 15.4. The maximum atomic E-state index is 12.8. The van der Waals surface area contributed by atoms with Gasteiger partial charge in [-0.2, -0.15) is 13.2 Å². The van der Waals surface area contributed by atoms with Gasteiger partial charge in [-0.1, -0.05) is 0 Å². The first-order valence-electron chi connectivity index (χ1n) is 7.87. The summed E-state index contributed by atoms with van der Waals surface area (Å²) in [5.74, 6) is 1.98. The topological polar surface area (TPSA) is 48.4 Å². The zero-order valence-electron chi connectivity index (χ0n) is 14.0. The van der Waals surface area contributed by atoms with Crippen LogP contribution in [0.1, 0.15) is 5.56 Å². The molecule has 0 atom stereocenters. The standard InChI is InChI=1S/C16H19F3N6/c1-23(2)13-10-15(22-11-21-13)25-7-5-24(6-8-25)14-9-12(3-4-20-14)16(17,18)19/h3-4,9-11H,5-8H2,1-2H3. The number of alkyl halides is 3. The average Bonchev–Trinajstić information content (AvgIpc) is 2.61. The molecular weight excluding hydrogens is 333 g/mol. The van der Waals surface area contributed by atoms with Crippen LogP contribution in [0.3, 0.4) is 0 Å². The van der Waals surface area contributed by atoms with E-state index in [2.05, 4.69) is 19.9 Å². The number of halogens is 3. The SMILES string of the molecule is CN(C)c1cc(N2CCN(c3cc(C(F)(F)F)ccn3)CC2)ncn1. The van der Waals surface area contributed by atoms with Gasteiger partial charge in [-0.3, -0.25) is 0 Å². The molecule has 0 radical (unpaired) electrons. The van der Waals surface area contributed by atoms with Crippen molar-refractivity contribution in [1.82, 2.24) is 15.0 Å². The van der Waals surface area contributed by atoms with Crippen LogP contribution in [0.25, 0.3) is 0 Å². The molecule has 1 saturated heterocycles. The third-order valence-corrected chi connectivity index (χ3v) is 4.10. The first-order valence-corrected chi connectivity index (χ1v) is 7.87. The van der Waals surface area contributed by atoms with Crippen LogP contribution in [0, 0.1) is 0 Å². The van der Waals surface area contributed by atoms with Crippen LogP contribution >= 0.6 is 0 Å². The Kier molecular flexibility index (Phi) is 4.65. The summed E-state index contributed by atoms with van der Waals surface area (Å²) in [5.41, 5.74) is -0.675. The molecule has 3 heterocycles. The van der Waals surface area contributed by atoms with Crippen molar-refractivity contribution >= 4 is 17.5 Å². The lowest BCUT2D eigenvalue weighted by Crippen LogP contribution is -2.47. The fourth-order valence-corrected chi connectivity index (χ4v) is 2.69. The highest BCUT2D eigenvalue weighted by Crippen LogP contribution is 2.31. The van der Waals surface area contributed by atoms with E-state index < -0.39 is 11.7 Å². The zero-order chi connectivity index (χ0) is 18.0. The van der Waals surface area contributed by atoms with Gasteiger partial charge >= 0.3 is 6.18 Å². The van der Waals surface area contributed by atoms with Gasteiger partial charge in [-0.25, -0.2) is 15.0 Å². The summed E-state index contributed by atoms with van der Waals surface area (Å²) in [7, 11) is 3.81. The van der Waals surface area contributed by atoms with Crippen molar-refractivity contribution in [2.45, 2.75) is 6.18 Å². The number of aromatic nitrogens is 3. The number of pyridine rings is 1. The minimum Gasteiger partial charge on any atom is -0.363 e. The fourth-order valence-electron chi connectivity index (χ4n) is 2.69. The molecule has 0 unspecified atom stereocenters. The van der Waals surface area contributed by atoms with Crippen LogP contribution in [0.4, 0.5) is 30.6 Å². The molecule has 0 aliphatic carbocycles. The number of nitrogens with zero attached hydrogens (tertiary/aromatic N) is 6. The second kappa shape index (κ2) is 6.73. The third-order valence-electron chi connectivity index (χ3n) is 4.10. The highest BCUT2D eigenvalue weighted by Gasteiger charge is 2.31. The van der Waals surface area contributed by atoms with Crippen LogP contribution in [0.5, 0.6) is 0 Å². The van der Waals surface area contributed by atoms with Gasteiger partial charge in [0.15, 0.2) is 0 Å². The molecule has 1 fully saturated rings. The third kappa shape index (κ3) is 3.92. The molecule has 9 heteroatoms. The Morgan fingerprint density at radius 2 is 1.52 bits per heavy atom. The van der Waals surface area contributed by atoms with Gasteiger partial charge < -0.3 is 14.7 Å². The molecular formula is C16H19F3N6. The quantitative estimate of drug-likeness (QED) is 0.845. The van der Waals surface area contributed by atoms with Crippen LogP contribution < -0.4 is 14.7 Å². The second-order valence-corrected chi connectivity index (χ2v) is 6.00. The minimum atomic E-state index is -4.36. The van der Waals surface area contributed by atoms with Gasteiger partial charge in [0.25, 0.3) is 0 Å². The molecule has 0 spiro atoms. The summed E-state index contributed by atoms with van der Waals surface area (Å²) < 4.78 is 38.5. The van der Waals surface area contributed by atoms with Crippen LogP contribution in [0.2, 0.25) is 0 Å². The average molecular weight is 352 g/mol. The largest absolute Gasteiger partial charge is 0.416 e. The van der Waals surface area contributed by atoms with Gasteiger partial charge in [0.2, 0.25) is 0 Å². The van der Waals surface area contributed by atoms with Gasteiger partial charge in [-0.05, 0) is 12.1 Å². The number of piperazine rings is 1. The van der Waals surface area contributed by atoms with E-state index in [0.29, 0.717) is 32.0 Å².